The van der Waals surface area contributed by atoms with Gasteiger partial charge in [-0.05, 0) is 37.5 Å². The number of hydrogen-bond donors (Lipinski definition) is 0. The van der Waals surface area contributed by atoms with Crippen LogP contribution in [0.5, 0.6) is 0 Å². The van der Waals surface area contributed by atoms with Crippen LogP contribution in [0.15, 0.2) is 36.8 Å². The van der Waals surface area contributed by atoms with Gasteiger partial charge in [0, 0.05) is 57.9 Å². The molecule has 0 aliphatic carbocycles. The fraction of sp³-hybridized carbons (Fsp3) is 0.550. The molecule has 2 aliphatic rings. The number of aryl methyl sites for hydroxylation is 1. The Balaban J connectivity index is 1.38. The molecule has 2 aromatic rings. The van der Waals surface area contributed by atoms with Crippen molar-refractivity contribution in [3.8, 4) is 0 Å². The summed E-state index contributed by atoms with van der Waals surface area (Å²) in [7, 11) is 1.78. The number of hydrogen-bond acceptors (Lipinski definition) is 5. The van der Waals surface area contributed by atoms with Gasteiger partial charge < -0.3 is 9.64 Å². The Labute approximate surface area is 159 Å². The molecule has 0 bridgehead atoms. The third-order valence-electron chi connectivity index (χ3n) is 5.83. The van der Waals surface area contributed by atoms with Crippen molar-refractivity contribution in [2.45, 2.75) is 44.5 Å². The summed E-state index contributed by atoms with van der Waals surface area (Å²) in [4.78, 5) is 21.4. The van der Waals surface area contributed by atoms with Crippen LogP contribution in [0.1, 0.15) is 41.9 Å². The van der Waals surface area contributed by atoms with Gasteiger partial charge in [0.1, 0.15) is 5.69 Å². The molecule has 2 saturated heterocycles. The van der Waals surface area contributed by atoms with E-state index in [0.717, 1.165) is 39.0 Å². The van der Waals surface area contributed by atoms with E-state index >= 15 is 0 Å². The van der Waals surface area contributed by atoms with Gasteiger partial charge in [-0.15, -0.1) is 0 Å². The van der Waals surface area contributed by atoms with Gasteiger partial charge in [-0.3, -0.25) is 19.4 Å². The predicted octanol–water partition coefficient (Wildman–Crippen LogP) is 1.97. The first-order chi connectivity index (χ1) is 13.2. The second-order valence-electron chi connectivity index (χ2n) is 7.28. The van der Waals surface area contributed by atoms with Crippen molar-refractivity contribution in [3.63, 3.8) is 0 Å². The second kappa shape index (κ2) is 7.78. The molecule has 0 radical (unpaired) electrons. The fourth-order valence-electron chi connectivity index (χ4n) is 4.25. The van der Waals surface area contributed by atoms with Crippen molar-refractivity contribution in [3.05, 3.63) is 48.0 Å². The largest absolute Gasteiger partial charge is 0.378 e. The van der Waals surface area contributed by atoms with Crippen LogP contribution < -0.4 is 0 Å². The first-order valence-corrected chi connectivity index (χ1v) is 9.72. The van der Waals surface area contributed by atoms with Crippen molar-refractivity contribution in [2.24, 2.45) is 0 Å². The van der Waals surface area contributed by atoms with Crippen LogP contribution in [0.3, 0.4) is 0 Å². The molecule has 2 aromatic heterocycles. The lowest BCUT2D eigenvalue weighted by Crippen LogP contribution is -2.60. The molecule has 2 aliphatic heterocycles. The van der Waals surface area contributed by atoms with Crippen molar-refractivity contribution < 1.29 is 9.53 Å². The molecule has 4 rings (SSSR count). The molecular weight excluding hydrogens is 342 g/mol. The van der Waals surface area contributed by atoms with Crippen LogP contribution in [0.2, 0.25) is 0 Å². The lowest BCUT2D eigenvalue weighted by molar-refractivity contribution is -0.115. The zero-order valence-electron chi connectivity index (χ0n) is 16.0. The van der Waals surface area contributed by atoms with Gasteiger partial charge in [-0.2, -0.15) is 5.10 Å². The van der Waals surface area contributed by atoms with Crippen LogP contribution in [-0.2, 0) is 11.3 Å². The van der Waals surface area contributed by atoms with Gasteiger partial charge >= 0.3 is 0 Å². The highest BCUT2D eigenvalue weighted by Gasteiger charge is 2.44. The number of methoxy groups -OCH3 is 1. The van der Waals surface area contributed by atoms with Crippen LogP contribution >= 0.6 is 0 Å². The number of aromatic nitrogens is 3. The SMILES string of the molecule is CCn1ccc(C(=O)N2CCC(N3C[C@H](OC)[C@@H]3c3cccnc3)CC2)n1. The topological polar surface area (TPSA) is 63.5 Å². The second-order valence-corrected chi connectivity index (χ2v) is 7.28. The molecule has 144 valence electrons. The summed E-state index contributed by atoms with van der Waals surface area (Å²) in [5.41, 5.74) is 1.76. The molecule has 2 fully saturated rings. The van der Waals surface area contributed by atoms with E-state index < -0.39 is 0 Å². The van der Waals surface area contributed by atoms with E-state index in [1.165, 1.54) is 5.56 Å². The number of carbonyl (C=O) groups is 1. The third kappa shape index (κ3) is 3.49. The van der Waals surface area contributed by atoms with Crippen molar-refractivity contribution in [2.75, 3.05) is 26.7 Å². The van der Waals surface area contributed by atoms with E-state index in [9.17, 15) is 4.79 Å². The van der Waals surface area contributed by atoms with Crippen molar-refractivity contribution in [1.29, 1.82) is 0 Å². The average molecular weight is 369 g/mol. The summed E-state index contributed by atoms with van der Waals surface area (Å²) >= 11 is 0. The lowest BCUT2D eigenvalue weighted by atomic mass is 9.87. The normalized spacial score (nSPS) is 24.0. The highest BCUT2D eigenvalue weighted by Crippen LogP contribution is 2.39. The molecule has 0 unspecified atom stereocenters. The van der Waals surface area contributed by atoms with Gasteiger partial charge in [0.15, 0.2) is 0 Å². The quantitative estimate of drug-likeness (QED) is 0.806. The van der Waals surface area contributed by atoms with E-state index in [2.05, 4.69) is 21.0 Å². The fourth-order valence-corrected chi connectivity index (χ4v) is 4.25. The van der Waals surface area contributed by atoms with E-state index in [4.69, 9.17) is 4.74 Å². The Bertz CT molecular complexity index is 770. The van der Waals surface area contributed by atoms with E-state index in [1.54, 1.807) is 18.0 Å². The van der Waals surface area contributed by atoms with E-state index in [-0.39, 0.29) is 18.1 Å². The zero-order chi connectivity index (χ0) is 18.8. The molecular formula is C20H27N5O2. The number of pyridine rings is 1. The predicted molar refractivity (Wildman–Crippen MR) is 101 cm³/mol. The van der Waals surface area contributed by atoms with Gasteiger partial charge in [0.2, 0.25) is 0 Å². The van der Waals surface area contributed by atoms with Gasteiger partial charge in [0.25, 0.3) is 5.91 Å². The highest BCUT2D eigenvalue weighted by atomic mass is 16.5. The first kappa shape index (κ1) is 18.1. The summed E-state index contributed by atoms with van der Waals surface area (Å²) in [6.45, 7) is 5.29. The number of piperidine rings is 1. The van der Waals surface area contributed by atoms with Crippen molar-refractivity contribution >= 4 is 5.91 Å². The molecule has 7 nitrogen and oxygen atoms in total. The molecule has 0 N–H and O–H groups in total. The van der Waals surface area contributed by atoms with Crippen LogP contribution in [0.25, 0.3) is 0 Å². The summed E-state index contributed by atoms with van der Waals surface area (Å²) in [6, 6.07) is 6.65. The highest BCUT2D eigenvalue weighted by molar-refractivity contribution is 5.92. The van der Waals surface area contributed by atoms with E-state index in [0.29, 0.717) is 11.7 Å². The van der Waals surface area contributed by atoms with Crippen LogP contribution in [0.4, 0.5) is 0 Å². The smallest absolute Gasteiger partial charge is 0.274 e. The number of nitrogens with zero attached hydrogens (tertiary/aromatic N) is 5. The molecule has 0 spiro atoms. The molecule has 4 heterocycles. The zero-order valence-corrected chi connectivity index (χ0v) is 16.0. The summed E-state index contributed by atoms with van der Waals surface area (Å²) in [5, 5.41) is 4.35. The Morgan fingerprint density at radius 2 is 2.11 bits per heavy atom. The Morgan fingerprint density at radius 3 is 2.74 bits per heavy atom. The van der Waals surface area contributed by atoms with Crippen LogP contribution in [-0.4, -0.2) is 69.4 Å². The lowest BCUT2D eigenvalue weighted by Gasteiger charge is -2.52. The Morgan fingerprint density at radius 1 is 1.30 bits per heavy atom. The van der Waals surface area contributed by atoms with Crippen LogP contribution in [0, 0.1) is 0 Å². The maximum atomic E-state index is 12.7. The minimum Gasteiger partial charge on any atom is -0.378 e. The maximum absolute atomic E-state index is 12.7. The monoisotopic (exact) mass is 369 g/mol. The summed E-state index contributed by atoms with van der Waals surface area (Å²) < 4.78 is 7.45. The summed E-state index contributed by atoms with van der Waals surface area (Å²) in [5.74, 6) is 0.0443. The molecule has 27 heavy (non-hydrogen) atoms. The minimum absolute atomic E-state index is 0.0443. The number of likely N-dealkylation sites (tertiary alicyclic amines) is 2. The minimum atomic E-state index is 0.0443. The third-order valence-corrected chi connectivity index (χ3v) is 5.83. The molecule has 1 amide bonds. The van der Waals surface area contributed by atoms with Gasteiger partial charge in [-0.25, -0.2) is 0 Å². The Hall–Kier alpha value is -2.25. The molecule has 0 aromatic carbocycles. The molecule has 2 atom stereocenters. The maximum Gasteiger partial charge on any atom is 0.274 e. The van der Waals surface area contributed by atoms with Crippen molar-refractivity contribution in [1.82, 2.24) is 24.6 Å². The standard InChI is InChI=1S/C20H27N5O2/c1-3-24-12-8-17(22-24)20(26)23-10-6-16(7-11-23)25-14-18(27-2)19(25)15-5-4-9-21-13-15/h4-5,8-9,12-13,16,18-19H,3,6-7,10-11,14H2,1-2H3/t18-,19-/m0/s1. The molecule has 7 heteroatoms. The summed E-state index contributed by atoms with van der Waals surface area (Å²) in [6.07, 6.45) is 7.78. The number of amides is 1. The van der Waals surface area contributed by atoms with Gasteiger partial charge in [0.05, 0.1) is 12.1 Å². The number of rotatable bonds is 5. The number of ether oxygens (including phenoxy) is 1. The van der Waals surface area contributed by atoms with E-state index in [1.807, 2.05) is 36.4 Å². The molecule has 0 saturated carbocycles. The number of carbonyl (C=O) groups excluding carboxylic acids is 1. The van der Waals surface area contributed by atoms with Gasteiger partial charge in [-0.1, -0.05) is 6.07 Å². The first-order valence-electron chi connectivity index (χ1n) is 9.72. The average Bonchev–Trinajstić information content (AvgIpc) is 3.18. The Kier molecular flexibility index (Phi) is 5.22.